The van der Waals surface area contributed by atoms with Crippen molar-refractivity contribution in [3.05, 3.63) is 0 Å². The summed E-state index contributed by atoms with van der Waals surface area (Å²) in [5.74, 6) is 0.807. The van der Waals surface area contributed by atoms with Gasteiger partial charge in [0.05, 0.1) is 12.7 Å². The minimum Gasteiger partial charge on any atom is -0.374 e. The van der Waals surface area contributed by atoms with Gasteiger partial charge in [-0.25, -0.2) is 0 Å². The molecule has 0 aromatic heterocycles. The summed E-state index contributed by atoms with van der Waals surface area (Å²) in [6, 6.07) is 0. The number of rotatable bonds is 2. The second-order valence-corrected chi connectivity index (χ2v) is 3.46. The summed E-state index contributed by atoms with van der Waals surface area (Å²) >= 11 is 0. The first kappa shape index (κ1) is 11.3. The van der Waals surface area contributed by atoms with Gasteiger partial charge in [-0.1, -0.05) is 0 Å². The third kappa shape index (κ3) is 3.51. The van der Waals surface area contributed by atoms with Gasteiger partial charge in [0.15, 0.2) is 5.96 Å². The van der Waals surface area contributed by atoms with E-state index in [0.29, 0.717) is 0 Å². The van der Waals surface area contributed by atoms with E-state index in [-0.39, 0.29) is 6.10 Å². The molecule has 0 aromatic rings. The Hall–Kier alpha value is -0.810. The number of hydrogen-bond acceptors (Lipinski definition) is 3. The molecule has 1 heterocycles. The largest absolute Gasteiger partial charge is 0.374 e. The van der Waals surface area contributed by atoms with Crippen molar-refractivity contribution in [1.82, 2.24) is 15.5 Å². The van der Waals surface area contributed by atoms with E-state index in [1.165, 1.54) is 0 Å². The van der Waals surface area contributed by atoms with Crippen LogP contribution in [0.3, 0.4) is 0 Å². The first-order valence-corrected chi connectivity index (χ1v) is 4.94. The van der Waals surface area contributed by atoms with Crippen molar-refractivity contribution in [3.8, 4) is 0 Å². The zero-order valence-corrected chi connectivity index (χ0v) is 9.21. The van der Waals surface area contributed by atoms with Crippen molar-refractivity contribution in [2.45, 2.75) is 6.10 Å². The summed E-state index contributed by atoms with van der Waals surface area (Å²) < 4.78 is 5.60. The Kier molecular flexibility index (Phi) is 4.69. The normalized spacial score (nSPS) is 24.8. The third-order valence-electron chi connectivity index (χ3n) is 2.30. The molecule has 82 valence electrons. The van der Waals surface area contributed by atoms with Crippen LogP contribution in [0, 0.1) is 0 Å². The molecule has 0 aliphatic carbocycles. The molecule has 1 unspecified atom stereocenters. The highest BCUT2D eigenvalue weighted by molar-refractivity contribution is 5.79. The van der Waals surface area contributed by atoms with Gasteiger partial charge in [-0.2, -0.15) is 0 Å². The average molecular weight is 200 g/mol. The predicted molar refractivity (Wildman–Crippen MR) is 57.7 cm³/mol. The van der Waals surface area contributed by atoms with Gasteiger partial charge in [-0.05, 0) is 7.05 Å². The smallest absolute Gasteiger partial charge is 0.190 e. The summed E-state index contributed by atoms with van der Waals surface area (Å²) in [6.07, 6.45) is 0.263. The van der Waals surface area contributed by atoms with E-state index < -0.39 is 0 Å². The molecular formula is C9H20N4O. The van der Waals surface area contributed by atoms with Crippen LogP contribution in [0.25, 0.3) is 0 Å². The van der Waals surface area contributed by atoms with Crippen LogP contribution >= 0.6 is 0 Å². The standard InChI is InChI=1S/C9H20N4O/c1-10-9(11-2)12-6-8-7-13(3)4-5-14-8/h8H,4-7H2,1-3H3,(H2,10,11,12). The van der Waals surface area contributed by atoms with E-state index in [0.717, 1.165) is 32.2 Å². The number of guanidine groups is 1. The van der Waals surface area contributed by atoms with Gasteiger partial charge < -0.3 is 20.3 Å². The van der Waals surface area contributed by atoms with Crippen LogP contribution in [0.15, 0.2) is 4.99 Å². The lowest BCUT2D eigenvalue weighted by molar-refractivity contribution is -0.0161. The minimum atomic E-state index is 0.263. The molecule has 0 bridgehead atoms. The summed E-state index contributed by atoms with van der Waals surface area (Å²) in [6.45, 7) is 3.63. The zero-order chi connectivity index (χ0) is 10.4. The van der Waals surface area contributed by atoms with E-state index in [4.69, 9.17) is 4.74 Å². The van der Waals surface area contributed by atoms with Crippen LogP contribution in [0.2, 0.25) is 0 Å². The lowest BCUT2D eigenvalue weighted by Gasteiger charge is -2.30. The molecule has 0 saturated carbocycles. The Morgan fingerprint density at radius 1 is 1.64 bits per heavy atom. The Balaban J connectivity index is 2.23. The fourth-order valence-corrected chi connectivity index (χ4v) is 1.48. The van der Waals surface area contributed by atoms with Crippen LogP contribution in [-0.2, 0) is 4.74 Å². The van der Waals surface area contributed by atoms with E-state index in [1.54, 1.807) is 7.05 Å². The summed E-state index contributed by atoms with van der Waals surface area (Å²) in [5, 5.41) is 6.17. The minimum absolute atomic E-state index is 0.263. The summed E-state index contributed by atoms with van der Waals surface area (Å²) in [7, 11) is 5.72. The topological polar surface area (TPSA) is 48.9 Å². The maximum absolute atomic E-state index is 5.60. The van der Waals surface area contributed by atoms with E-state index in [2.05, 4.69) is 27.6 Å². The molecule has 0 aromatic carbocycles. The molecule has 1 aliphatic heterocycles. The molecule has 1 aliphatic rings. The van der Waals surface area contributed by atoms with Gasteiger partial charge in [0.25, 0.3) is 0 Å². The molecule has 1 fully saturated rings. The lowest BCUT2D eigenvalue weighted by Crippen LogP contribution is -2.47. The third-order valence-corrected chi connectivity index (χ3v) is 2.30. The fraction of sp³-hybridized carbons (Fsp3) is 0.889. The summed E-state index contributed by atoms with van der Waals surface area (Å²) in [5.41, 5.74) is 0. The predicted octanol–water partition coefficient (Wildman–Crippen LogP) is -0.888. The van der Waals surface area contributed by atoms with Gasteiger partial charge in [0.1, 0.15) is 0 Å². The van der Waals surface area contributed by atoms with Gasteiger partial charge in [-0.3, -0.25) is 4.99 Å². The molecule has 5 nitrogen and oxygen atoms in total. The van der Waals surface area contributed by atoms with Crippen molar-refractivity contribution in [2.24, 2.45) is 4.99 Å². The number of hydrogen-bond donors (Lipinski definition) is 2. The number of nitrogens with one attached hydrogen (secondary N) is 2. The molecule has 0 amide bonds. The van der Waals surface area contributed by atoms with Crippen LogP contribution in [0.1, 0.15) is 0 Å². The Labute approximate surface area is 85.5 Å². The lowest BCUT2D eigenvalue weighted by atomic mass is 10.3. The number of morpholine rings is 1. The molecule has 0 spiro atoms. The molecule has 0 radical (unpaired) electrons. The van der Waals surface area contributed by atoms with Gasteiger partial charge in [0.2, 0.25) is 0 Å². The van der Waals surface area contributed by atoms with Crippen LogP contribution in [-0.4, -0.2) is 64.3 Å². The second kappa shape index (κ2) is 5.82. The monoisotopic (exact) mass is 200 g/mol. The zero-order valence-electron chi connectivity index (χ0n) is 9.21. The molecule has 2 N–H and O–H groups in total. The highest BCUT2D eigenvalue weighted by Gasteiger charge is 2.17. The Morgan fingerprint density at radius 2 is 2.43 bits per heavy atom. The van der Waals surface area contributed by atoms with Crippen molar-refractivity contribution in [1.29, 1.82) is 0 Å². The Morgan fingerprint density at radius 3 is 3.00 bits per heavy atom. The number of likely N-dealkylation sites (N-methyl/N-ethyl adjacent to an activating group) is 1. The van der Waals surface area contributed by atoms with Crippen molar-refractivity contribution in [3.63, 3.8) is 0 Å². The molecule has 1 saturated heterocycles. The fourth-order valence-electron chi connectivity index (χ4n) is 1.48. The number of aliphatic imine (C=N–C) groups is 1. The quantitative estimate of drug-likeness (QED) is 0.448. The van der Waals surface area contributed by atoms with Gasteiger partial charge in [0, 0.05) is 33.7 Å². The van der Waals surface area contributed by atoms with E-state index >= 15 is 0 Å². The van der Waals surface area contributed by atoms with Gasteiger partial charge in [-0.15, -0.1) is 0 Å². The Bertz CT molecular complexity index is 195. The van der Waals surface area contributed by atoms with Crippen LogP contribution < -0.4 is 10.6 Å². The number of nitrogens with zero attached hydrogens (tertiary/aromatic N) is 2. The molecule has 1 rings (SSSR count). The van der Waals surface area contributed by atoms with E-state index in [1.807, 2.05) is 7.05 Å². The molecule has 14 heavy (non-hydrogen) atoms. The SMILES string of the molecule is CN=C(NC)NCC1CN(C)CCO1. The van der Waals surface area contributed by atoms with Crippen molar-refractivity contribution in [2.75, 3.05) is 47.4 Å². The van der Waals surface area contributed by atoms with Crippen LogP contribution in [0.5, 0.6) is 0 Å². The van der Waals surface area contributed by atoms with Crippen molar-refractivity contribution >= 4 is 5.96 Å². The van der Waals surface area contributed by atoms with Crippen LogP contribution in [0.4, 0.5) is 0 Å². The van der Waals surface area contributed by atoms with Gasteiger partial charge >= 0.3 is 0 Å². The first-order chi connectivity index (χ1) is 6.76. The van der Waals surface area contributed by atoms with E-state index in [9.17, 15) is 0 Å². The molecule has 5 heteroatoms. The average Bonchev–Trinajstić information content (AvgIpc) is 2.19. The molecule has 1 atom stereocenters. The summed E-state index contributed by atoms with van der Waals surface area (Å²) in [4.78, 5) is 6.31. The highest BCUT2D eigenvalue weighted by atomic mass is 16.5. The first-order valence-electron chi connectivity index (χ1n) is 4.94. The van der Waals surface area contributed by atoms with Crippen molar-refractivity contribution < 1.29 is 4.74 Å². The maximum Gasteiger partial charge on any atom is 0.190 e. The second-order valence-electron chi connectivity index (χ2n) is 3.46. The number of ether oxygens (including phenoxy) is 1. The highest BCUT2D eigenvalue weighted by Crippen LogP contribution is 2.01. The molecular weight excluding hydrogens is 180 g/mol. The maximum atomic E-state index is 5.60.